The van der Waals surface area contributed by atoms with Gasteiger partial charge in [0.2, 0.25) is 5.91 Å². The SMILES string of the molecule is CS(=O)(=O)c1ccc(NCCNC(=O)C2CC(F)(F)CN2)c([N+](=O)[O-])c1.Cl. The van der Waals surface area contributed by atoms with Crippen molar-refractivity contribution in [1.29, 1.82) is 0 Å². The monoisotopic (exact) mass is 428 g/mol. The molecular formula is C14H19ClF2N4O5S. The van der Waals surface area contributed by atoms with Gasteiger partial charge in [-0.05, 0) is 12.1 Å². The molecule has 3 N–H and O–H groups in total. The Morgan fingerprint density at radius 3 is 2.59 bits per heavy atom. The molecule has 9 nitrogen and oxygen atoms in total. The van der Waals surface area contributed by atoms with Gasteiger partial charge in [-0.15, -0.1) is 12.4 Å². The van der Waals surface area contributed by atoms with Crippen molar-refractivity contribution < 1.29 is 26.9 Å². The molecule has 1 saturated heterocycles. The summed E-state index contributed by atoms with van der Waals surface area (Å²) < 4.78 is 49.0. The van der Waals surface area contributed by atoms with Crippen LogP contribution in [0.1, 0.15) is 6.42 Å². The number of halogens is 3. The van der Waals surface area contributed by atoms with Crippen molar-refractivity contribution in [3.05, 3.63) is 28.3 Å². The molecule has 0 saturated carbocycles. The highest BCUT2D eigenvalue weighted by Gasteiger charge is 2.42. The summed E-state index contributed by atoms with van der Waals surface area (Å²) in [5.74, 6) is -3.49. The summed E-state index contributed by atoms with van der Waals surface area (Å²) >= 11 is 0. The summed E-state index contributed by atoms with van der Waals surface area (Å²) in [6.45, 7) is -0.413. The van der Waals surface area contributed by atoms with Crippen molar-refractivity contribution in [2.45, 2.75) is 23.3 Å². The molecule has 1 unspecified atom stereocenters. The zero-order valence-corrected chi connectivity index (χ0v) is 15.8. The van der Waals surface area contributed by atoms with Crippen LogP contribution in [0.5, 0.6) is 0 Å². The number of nitro groups is 1. The highest BCUT2D eigenvalue weighted by molar-refractivity contribution is 7.90. The van der Waals surface area contributed by atoms with E-state index in [0.29, 0.717) is 0 Å². The molecule has 0 spiro atoms. The molecule has 13 heteroatoms. The van der Waals surface area contributed by atoms with Crippen LogP contribution in [0.15, 0.2) is 23.1 Å². The predicted octanol–water partition coefficient (Wildman–Crippen LogP) is 0.945. The van der Waals surface area contributed by atoms with E-state index in [1.54, 1.807) is 0 Å². The van der Waals surface area contributed by atoms with Gasteiger partial charge in [0.05, 0.1) is 22.4 Å². The lowest BCUT2D eigenvalue weighted by Gasteiger charge is -2.12. The Balaban J connectivity index is 0.00000364. The summed E-state index contributed by atoms with van der Waals surface area (Å²) in [5, 5.41) is 18.7. The van der Waals surface area contributed by atoms with Crippen LogP contribution in [0.2, 0.25) is 0 Å². The Bertz CT molecular complexity index is 822. The van der Waals surface area contributed by atoms with Crippen molar-refractivity contribution >= 4 is 39.5 Å². The number of alkyl halides is 2. The Labute approximate surface area is 160 Å². The smallest absolute Gasteiger partial charge is 0.293 e. The molecule has 1 aromatic carbocycles. The second kappa shape index (κ2) is 8.76. The summed E-state index contributed by atoms with van der Waals surface area (Å²) in [6.07, 6.45) is 0.361. The quantitative estimate of drug-likeness (QED) is 0.334. The minimum absolute atomic E-state index is 0. The van der Waals surface area contributed by atoms with Gasteiger partial charge in [0.25, 0.3) is 11.6 Å². The third-order valence-corrected chi connectivity index (χ3v) is 4.87. The first kappa shape index (κ1) is 23.0. The standard InChI is InChI=1S/C14H18F2N4O5S.ClH/c1-26(24,25)9-2-3-10(12(6-9)20(22)23)17-4-5-18-13(21)11-7-14(15,16)8-19-11;/h2-3,6,11,17,19H,4-5,7-8H2,1H3,(H,18,21);1H. The number of rotatable bonds is 7. The largest absolute Gasteiger partial charge is 0.378 e. The zero-order chi connectivity index (χ0) is 19.5. The second-order valence-corrected chi connectivity index (χ2v) is 7.94. The Hall–Kier alpha value is -2.05. The lowest BCUT2D eigenvalue weighted by molar-refractivity contribution is -0.384. The number of carbonyl (C=O) groups is 1. The van der Waals surface area contributed by atoms with Gasteiger partial charge in [-0.3, -0.25) is 20.2 Å². The molecule has 1 atom stereocenters. The average Bonchev–Trinajstić information content (AvgIpc) is 2.90. The number of benzene rings is 1. The Kier molecular flexibility index (Phi) is 7.46. The first-order valence-electron chi connectivity index (χ1n) is 7.61. The number of anilines is 1. The summed E-state index contributed by atoms with van der Waals surface area (Å²) in [4.78, 5) is 22.0. The third kappa shape index (κ3) is 6.26. The van der Waals surface area contributed by atoms with E-state index in [-0.39, 0.29) is 36.1 Å². The van der Waals surface area contributed by atoms with Crippen LogP contribution < -0.4 is 16.0 Å². The number of nitro benzene ring substituents is 1. The highest BCUT2D eigenvalue weighted by Crippen LogP contribution is 2.27. The van der Waals surface area contributed by atoms with Crippen LogP contribution in [-0.4, -0.2) is 57.1 Å². The molecule has 0 aliphatic carbocycles. The molecule has 1 aliphatic rings. The second-order valence-electron chi connectivity index (χ2n) is 5.92. The van der Waals surface area contributed by atoms with E-state index in [2.05, 4.69) is 16.0 Å². The van der Waals surface area contributed by atoms with Crippen LogP contribution in [0.3, 0.4) is 0 Å². The molecular weight excluding hydrogens is 410 g/mol. The van der Waals surface area contributed by atoms with Crippen LogP contribution in [-0.2, 0) is 14.6 Å². The van der Waals surface area contributed by atoms with Crippen LogP contribution in [0.4, 0.5) is 20.2 Å². The van der Waals surface area contributed by atoms with Crippen molar-refractivity contribution in [2.24, 2.45) is 0 Å². The number of amides is 1. The Morgan fingerprint density at radius 1 is 1.41 bits per heavy atom. The van der Waals surface area contributed by atoms with E-state index in [4.69, 9.17) is 0 Å². The third-order valence-electron chi connectivity index (χ3n) is 3.76. The van der Waals surface area contributed by atoms with Gasteiger partial charge in [-0.1, -0.05) is 0 Å². The van der Waals surface area contributed by atoms with Gasteiger partial charge in [0.1, 0.15) is 5.69 Å². The molecule has 27 heavy (non-hydrogen) atoms. The molecule has 1 aromatic rings. The number of hydrogen-bond acceptors (Lipinski definition) is 7. The van der Waals surface area contributed by atoms with E-state index in [1.165, 1.54) is 12.1 Å². The van der Waals surface area contributed by atoms with Crippen molar-refractivity contribution in [1.82, 2.24) is 10.6 Å². The number of nitrogens with zero attached hydrogens (tertiary/aromatic N) is 1. The first-order valence-corrected chi connectivity index (χ1v) is 9.50. The summed E-state index contributed by atoms with van der Waals surface area (Å²) in [6, 6.07) is 2.46. The van der Waals surface area contributed by atoms with Gasteiger partial charge >= 0.3 is 0 Å². The van der Waals surface area contributed by atoms with E-state index in [9.17, 15) is 32.1 Å². The maximum Gasteiger partial charge on any atom is 0.293 e. The number of nitrogens with one attached hydrogen (secondary N) is 3. The van der Waals surface area contributed by atoms with Crippen molar-refractivity contribution in [2.75, 3.05) is 31.2 Å². The summed E-state index contributed by atoms with van der Waals surface area (Å²) in [5.41, 5.74) is -0.335. The van der Waals surface area contributed by atoms with Gasteiger partial charge in [0, 0.05) is 31.8 Å². The fourth-order valence-corrected chi connectivity index (χ4v) is 3.09. The number of carbonyl (C=O) groups excluding carboxylic acids is 1. The first-order chi connectivity index (χ1) is 12.0. The van der Waals surface area contributed by atoms with Crippen LogP contribution in [0, 0.1) is 10.1 Å². The number of sulfone groups is 1. The molecule has 1 heterocycles. The zero-order valence-electron chi connectivity index (χ0n) is 14.2. The minimum atomic E-state index is -3.59. The van der Waals surface area contributed by atoms with Crippen LogP contribution >= 0.6 is 12.4 Å². The maximum absolute atomic E-state index is 13.0. The molecule has 1 aliphatic heterocycles. The van der Waals surface area contributed by atoms with E-state index < -0.39 is 51.3 Å². The molecule has 152 valence electrons. The molecule has 0 bridgehead atoms. The van der Waals surface area contributed by atoms with E-state index in [1.807, 2.05) is 0 Å². The fraction of sp³-hybridized carbons (Fsp3) is 0.500. The molecule has 0 radical (unpaired) electrons. The lowest BCUT2D eigenvalue weighted by Crippen LogP contribution is -2.42. The predicted molar refractivity (Wildman–Crippen MR) is 96.3 cm³/mol. The molecule has 1 amide bonds. The van der Waals surface area contributed by atoms with Gasteiger partial charge in [0.15, 0.2) is 9.84 Å². The van der Waals surface area contributed by atoms with Crippen molar-refractivity contribution in [3.8, 4) is 0 Å². The highest BCUT2D eigenvalue weighted by atomic mass is 35.5. The lowest BCUT2D eigenvalue weighted by atomic mass is 10.2. The average molecular weight is 429 g/mol. The maximum atomic E-state index is 13.0. The minimum Gasteiger partial charge on any atom is -0.378 e. The topological polar surface area (TPSA) is 130 Å². The normalized spacial score (nSPS) is 18.4. The molecule has 1 fully saturated rings. The van der Waals surface area contributed by atoms with E-state index in [0.717, 1.165) is 12.3 Å². The van der Waals surface area contributed by atoms with Gasteiger partial charge in [-0.25, -0.2) is 17.2 Å². The van der Waals surface area contributed by atoms with Crippen LogP contribution in [0.25, 0.3) is 0 Å². The van der Waals surface area contributed by atoms with Crippen molar-refractivity contribution in [3.63, 3.8) is 0 Å². The number of hydrogen-bond donors (Lipinski definition) is 3. The van der Waals surface area contributed by atoms with Gasteiger partial charge < -0.3 is 10.6 Å². The fourth-order valence-electron chi connectivity index (χ4n) is 2.45. The molecule has 2 rings (SSSR count). The van der Waals surface area contributed by atoms with E-state index >= 15 is 0 Å². The Morgan fingerprint density at radius 2 is 2.07 bits per heavy atom. The summed E-state index contributed by atoms with van der Waals surface area (Å²) in [7, 11) is -3.59. The van der Waals surface area contributed by atoms with Gasteiger partial charge in [-0.2, -0.15) is 0 Å². The molecule has 0 aromatic heterocycles.